The number of carbonyl (C=O) groups is 1. The average Bonchev–Trinajstić information content (AvgIpc) is 2.24. The number of halogens is 1. The molecule has 0 aliphatic carbocycles. The van der Waals surface area contributed by atoms with Crippen LogP contribution >= 0.6 is 15.9 Å². The highest BCUT2D eigenvalue weighted by atomic mass is 79.9. The molecule has 94 valence electrons. The van der Waals surface area contributed by atoms with E-state index in [0.29, 0.717) is 10.2 Å². The van der Waals surface area contributed by atoms with Gasteiger partial charge in [0.15, 0.2) is 0 Å². The molecule has 1 unspecified atom stereocenters. The molecule has 0 saturated heterocycles. The quantitative estimate of drug-likeness (QED) is 0.782. The molecule has 0 amide bonds. The van der Waals surface area contributed by atoms with Gasteiger partial charge < -0.3 is 15.5 Å². The molecular formula is C12H16BrNO3. The summed E-state index contributed by atoms with van der Waals surface area (Å²) in [6.07, 6.45) is 0. The fraction of sp³-hybridized carbons (Fsp3) is 0.417. The highest BCUT2D eigenvalue weighted by Crippen LogP contribution is 2.21. The molecule has 0 heterocycles. The lowest BCUT2D eigenvalue weighted by Gasteiger charge is -2.21. The van der Waals surface area contributed by atoms with E-state index < -0.39 is 5.97 Å². The second kappa shape index (κ2) is 6.02. The monoisotopic (exact) mass is 301 g/mol. The van der Waals surface area contributed by atoms with Crippen LogP contribution in [0.3, 0.4) is 0 Å². The molecular weight excluding hydrogens is 286 g/mol. The topological polar surface area (TPSA) is 69.6 Å². The minimum Gasteiger partial charge on any atom is -0.478 e. The van der Waals surface area contributed by atoms with Gasteiger partial charge in [-0.1, -0.05) is 29.8 Å². The Morgan fingerprint density at radius 3 is 2.53 bits per heavy atom. The van der Waals surface area contributed by atoms with Crippen molar-refractivity contribution in [3.63, 3.8) is 0 Å². The highest BCUT2D eigenvalue weighted by Gasteiger charge is 2.13. The third-order valence-corrected chi connectivity index (χ3v) is 2.96. The zero-order valence-electron chi connectivity index (χ0n) is 9.77. The smallest absolute Gasteiger partial charge is 0.335 e. The Bertz CT molecular complexity index is 407. The van der Waals surface area contributed by atoms with Gasteiger partial charge in [-0.25, -0.2) is 4.79 Å². The lowest BCUT2D eigenvalue weighted by molar-refractivity contribution is 0.0697. The molecule has 0 bridgehead atoms. The predicted octanol–water partition coefficient (Wildman–Crippen LogP) is 2.58. The van der Waals surface area contributed by atoms with Crippen molar-refractivity contribution < 1.29 is 15.0 Å². The lowest BCUT2D eigenvalue weighted by Crippen LogP contribution is -2.29. The van der Waals surface area contributed by atoms with E-state index in [1.165, 1.54) is 6.07 Å². The SMILES string of the molecule is CC(C)C(CO)Nc1cc(Br)cc(C(=O)O)c1. The number of anilines is 1. The van der Waals surface area contributed by atoms with E-state index in [2.05, 4.69) is 21.2 Å². The van der Waals surface area contributed by atoms with Crippen LogP contribution in [0.4, 0.5) is 5.69 Å². The highest BCUT2D eigenvalue weighted by molar-refractivity contribution is 9.10. The molecule has 0 radical (unpaired) electrons. The van der Waals surface area contributed by atoms with Gasteiger partial charge in [0, 0.05) is 10.2 Å². The van der Waals surface area contributed by atoms with Crippen molar-refractivity contribution in [1.29, 1.82) is 0 Å². The van der Waals surface area contributed by atoms with Gasteiger partial charge in [-0.3, -0.25) is 0 Å². The number of aliphatic hydroxyl groups is 1. The first-order valence-electron chi connectivity index (χ1n) is 5.35. The molecule has 1 aromatic rings. The van der Waals surface area contributed by atoms with E-state index in [4.69, 9.17) is 5.11 Å². The van der Waals surface area contributed by atoms with E-state index in [9.17, 15) is 9.90 Å². The van der Waals surface area contributed by atoms with Gasteiger partial charge in [0.05, 0.1) is 18.2 Å². The summed E-state index contributed by atoms with van der Waals surface area (Å²) in [7, 11) is 0. The molecule has 0 aliphatic rings. The summed E-state index contributed by atoms with van der Waals surface area (Å²) in [4.78, 5) is 10.9. The molecule has 1 atom stereocenters. The van der Waals surface area contributed by atoms with Gasteiger partial charge in [-0.05, 0) is 24.1 Å². The number of hydrogen-bond donors (Lipinski definition) is 3. The van der Waals surface area contributed by atoms with Crippen molar-refractivity contribution in [2.24, 2.45) is 5.92 Å². The first kappa shape index (κ1) is 14.0. The van der Waals surface area contributed by atoms with Crippen LogP contribution in [0.2, 0.25) is 0 Å². The van der Waals surface area contributed by atoms with Crippen molar-refractivity contribution in [1.82, 2.24) is 0 Å². The summed E-state index contributed by atoms with van der Waals surface area (Å²) in [5, 5.41) is 21.3. The third kappa shape index (κ3) is 4.02. The maximum atomic E-state index is 10.9. The fourth-order valence-electron chi connectivity index (χ4n) is 1.43. The Kier molecular flexibility index (Phi) is 4.96. The molecule has 1 rings (SSSR count). The van der Waals surface area contributed by atoms with Crippen molar-refractivity contribution in [2.45, 2.75) is 19.9 Å². The lowest BCUT2D eigenvalue weighted by atomic mass is 10.0. The molecule has 0 saturated carbocycles. The molecule has 0 spiro atoms. The van der Waals surface area contributed by atoms with Gasteiger partial charge in [0.2, 0.25) is 0 Å². The largest absolute Gasteiger partial charge is 0.478 e. The van der Waals surface area contributed by atoms with E-state index in [1.807, 2.05) is 13.8 Å². The Hall–Kier alpha value is -1.07. The number of aliphatic hydroxyl groups excluding tert-OH is 1. The number of carboxylic acids is 1. The van der Waals surface area contributed by atoms with Crippen molar-refractivity contribution >= 4 is 27.6 Å². The Morgan fingerprint density at radius 1 is 1.41 bits per heavy atom. The number of carboxylic acid groups (broad SMARTS) is 1. The average molecular weight is 302 g/mol. The first-order valence-corrected chi connectivity index (χ1v) is 6.14. The molecule has 0 aromatic heterocycles. The van der Waals surface area contributed by atoms with Gasteiger partial charge in [-0.2, -0.15) is 0 Å². The molecule has 0 fully saturated rings. The van der Waals surface area contributed by atoms with Crippen LogP contribution in [0.1, 0.15) is 24.2 Å². The number of nitrogens with one attached hydrogen (secondary N) is 1. The second-order valence-electron chi connectivity index (χ2n) is 4.21. The van der Waals surface area contributed by atoms with Gasteiger partial charge in [-0.15, -0.1) is 0 Å². The van der Waals surface area contributed by atoms with Gasteiger partial charge >= 0.3 is 5.97 Å². The zero-order chi connectivity index (χ0) is 13.0. The van der Waals surface area contributed by atoms with Gasteiger partial charge in [0.1, 0.15) is 0 Å². The normalized spacial score (nSPS) is 12.5. The Balaban J connectivity index is 2.94. The maximum absolute atomic E-state index is 10.9. The number of hydrogen-bond acceptors (Lipinski definition) is 3. The van der Waals surface area contributed by atoms with Gasteiger partial charge in [0.25, 0.3) is 0 Å². The van der Waals surface area contributed by atoms with Crippen molar-refractivity contribution in [3.8, 4) is 0 Å². The van der Waals surface area contributed by atoms with Crippen molar-refractivity contribution in [2.75, 3.05) is 11.9 Å². The van der Waals surface area contributed by atoms with Crippen LogP contribution in [0.25, 0.3) is 0 Å². The van der Waals surface area contributed by atoms with Crippen LogP contribution in [-0.4, -0.2) is 28.8 Å². The maximum Gasteiger partial charge on any atom is 0.335 e. The molecule has 4 nitrogen and oxygen atoms in total. The number of benzene rings is 1. The second-order valence-corrected chi connectivity index (χ2v) is 5.13. The molecule has 0 aliphatic heterocycles. The Morgan fingerprint density at radius 2 is 2.06 bits per heavy atom. The summed E-state index contributed by atoms with van der Waals surface area (Å²) in [5.41, 5.74) is 0.895. The molecule has 5 heteroatoms. The third-order valence-electron chi connectivity index (χ3n) is 2.50. The van der Waals surface area contributed by atoms with Crippen molar-refractivity contribution in [3.05, 3.63) is 28.2 Å². The summed E-state index contributed by atoms with van der Waals surface area (Å²) < 4.78 is 0.695. The van der Waals surface area contributed by atoms with Crippen LogP contribution < -0.4 is 5.32 Å². The van der Waals surface area contributed by atoms with Crippen LogP contribution in [0.15, 0.2) is 22.7 Å². The van der Waals surface area contributed by atoms with Crippen LogP contribution in [0, 0.1) is 5.92 Å². The summed E-state index contributed by atoms with van der Waals surface area (Å²) in [6.45, 7) is 3.99. The van der Waals surface area contributed by atoms with E-state index in [0.717, 1.165) is 0 Å². The first-order chi connectivity index (χ1) is 7.93. The molecule has 3 N–H and O–H groups in total. The predicted molar refractivity (Wildman–Crippen MR) is 70.4 cm³/mol. The van der Waals surface area contributed by atoms with Crippen LogP contribution in [0.5, 0.6) is 0 Å². The standard InChI is InChI=1S/C12H16BrNO3/c1-7(2)11(6-15)14-10-4-8(12(16)17)3-9(13)5-10/h3-5,7,11,14-15H,6H2,1-2H3,(H,16,17). The van der Waals surface area contributed by atoms with Crippen LogP contribution in [-0.2, 0) is 0 Å². The summed E-state index contributed by atoms with van der Waals surface area (Å²) in [6, 6.07) is 4.79. The molecule has 17 heavy (non-hydrogen) atoms. The Labute approximate surface area is 109 Å². The minimum absolute atomic E-state index is 0.00653. The summed E-state index contributed by atoms with van der Waals surface area (Å²) >= 11 is 3.26. The molecule has 1 aromatic carbocycles. The number of aromatic carboxylic acids is 1. The number of rotatable bonds is 5. The zero-order valence-corrected chi connectivity index (χ0v) is 11.4. The van der Waals surface area contributed by atoms with E-state index in [1.54, 1.807) is 12.1 Å². The fourth-order valence-corrected chi connectivity index (χ4v) is 1.93. The van der Waals surface area contributed by atoms with E-state index >= 15 is 0 Å². The minimum atomic E-state index is -0.973. The van der Waals surface area contributed by atoms with E-state index in [-0.39, 0.29) is 24.1 Å². The summed E-state index contributed by atoms with van der Waals surface area (Å²) in [5.74, 6) is -0.716.